The van der Waals surface area contributed by atoms with Crippen LogP contribution in [0.1, 0.15) is 32.3 Å². The van der Waals surface area contributed by atoms with E-state index in [0.29, 0.717) is 6.07 Å². The molecule has 152 valence electrons. The van der Waals surface area contributed by atoms with Crippen molar-refractivity contribution in [2.45, 2.75) is 43.8 Å². The molecule has 0 fully saturated rings. The molecule has 2 N–H and O–H groups in total. The minimum absolute atomic E-state index is 0.0584. The number of carbonyl (C=O) groups is 2. The number of sulfonamides is 1. The minimum Gasteiger partial charge on any atom is -0.456 e. The van der Waals surface area contributed by atoms with E-state index in [1.54, 1.807) is 13.8 Å². The van der Waals surface area contributed by atoms with Crippen LogP contribution < -0.4 is 10.0 Å². The highest BCUT2D eigenvalue weighted by atomic mass is 32.2. The van der Waals surface area contributed by atoms with Gasteiger partial charge in [0, 0.05) is 19.0 Å². The van der Waals surface area contributed by atoms with E-state index in [2.05, 4.69) is 10.0 Å². The van der Waals surface area contributed by atoms with E-state index in [1.807, 2.05) is 0 Å². The van der Waals surface area contributed by atoms with Crippen LogP contribution in [0.25, 0.3) is 0 Å². The first-order valence-corrected chi connectivity index (χ1v) is 9.52. The standard InChI is InChI=1S/C16H21F3N2O5S/c1-11(2)21-14(22)10-26-15(23)7-4-8-20-27(24,25)13-6-3-5-12(9-13)16(17,18)19/h3,5-6,9,11,20H,4,7-8,10H2,1-2H3,(H,21,22). The summed E-state index contributed by atoms with van der Waals surface area (Å²) in [5.41, 5.74) is -1.08. The van der Waals surface area contributed by atoms with E-state index < -0.39 is 45.1 Å². The summed E-state index contributed by atoms with van der Waals surface area (Å²) in [6.07, 6.45) is -4.75. The molecule has 11 heteroatoms. The van der Waals surface area contributed by atoms with E-state index in [9.17, 15) is 31.2 Å². The zero-order valence-electron chi connectivity index (χ0n) is 14.8. The van der Waals surface area contributed by atoms with Gasteiger partial charge in [0.05, 0.1) is 10.5 Å². The third-order valence-electron chi connectivity index (χ3n) is 3.14. The molecule has 0 saturated carbocycles. The van der Waals surface area contributed by atoms with Crippen molar-refractivity contribution in [1.29, 1.82) is 0 Å². The highest BCUT2D eigenvalue weighted by Gasteiger charge is 2.31. The maximum atomic E-state index is 12.7. The Balaban J connectivity index is 2.45. The second-order valence-corrected chi connectivity index (χ2v) is 7.68. The van der Waals surface area contributed by atoms with Gasteiger partial charge in [0.2, 0.25) is 10.0 Å². The largest absolute Gasteiger partial charge is 0.456 e. The fraction of sp³-hybridized carbons (Fsp3) is 0.500. The number of ether oxygens (including phenoxy) is 1. The van der Waals surface area contributed by atoms with Crippen LogP contribution in [-0.2, 0) is 30.5 Å². The molecule has 0 spiro atoms. The number of carbonyl (C=O) groups excluding carboxylic acids is 2. The predicted octanol–water partition coefficient (Wildman–Crippen LogP) is 1.83. The maximum absolute atomic E-state index is 12.7. The molecule has 7 nitrogen and oxygen atoms in total. The zero-order chi connectivity index (χ0) is 20.7. The van der Waals surface area contributed by atoms with Crippen molar-refractivity contribution in [3.63, 3.8) is 0 Å². The fourth-order valence-electron chi connectivity index (χ4n) is 1.94. The first-order chi connectivity index (χ1) is 12.4. The number of halogens is 3. The second-order valence-electron chi connectivity index (χ2n) is 5.91. The Hall–Kier alpha value is -2.14. The average molecular weight is 410 g/mol. The molecule has 1 aromatic rings. The molecule has 1 rings (SSSR count). The summed E-state index contributed by atoms with van der Waals surface area (Å²) in [6.45, 7) is 2.88. The van der Waals surface area contributed by atoms with Crippen molar-refractivity contribution in [2.24, 2.45) is 0 Å². The van der Waals surface area contributed by atoms with Crippen molar-refractivity contribution in [3.8, 4) is 0 Å². The quantitative estimate of drug-likeness (QED) is 0.478. The highest BCUT2D eigenvalue weighted by molar-refractivity contribution is 7.89. The summed E-state index contributed by atoms with van der Waals surface area (Å²) in [5, 5.41) is 2.53. The van der Waals surface area contributed by atoms with Gasteiger partial charge in [-0.1, -0.05) is 6.07 Å². The normalized spacial score (nSPS) is 12.1. The Morgan fingerprint density at radius 3 is 2.48 bits per heavy atom. The third-order valence-corrected chi connectivity index (χ3v) is 4.59. The topological polar surface area (TPSA) is 102 Å². The summed E-state index contributed by atoms with van der Waals surface area (Å²) in [4.78, 5) is 22.3. The Morgan fingerprint density at radius 1 is 1.22 bits per heavy atom. The lowest BCUT2D eigenvalue weighted by Gasteiger charge is -2.10. The lowest BCUT2D eigenvalue weighted by Crippen LogP contribution is -2.34. The number of amides is 1. The molecule has 0 saturated heterocycles. The van der Waals surface area contributed by atoms with E-state index in [1.165, 1.54) is 0 Å². The van der Waals surface area contributed by atoms with Crippen LogP contribution in [-0.4, -0.2) is 39.5 Å². The van der Waals surface area contributed by atoms with Crippen LogP contribution in [0.4, 0.5) is 13.2 Å². The van der Waals surface area contributed by atoms with E-state index in [4.69, 9.17) is 4.74 Å². The maximum Gasteiger partial charge on any atom is 0.416 e. The Kier molecular flexibility index (Phi) is 8.22. The molecule has 0 unspecified atom stereocenters. The molecule has 0 radical (unpaired) electrons. The number of nitrogens with one attached hydrogen (secondary N) is 2. The van der Waals surface area contributed by atoms with Gasteiger partial charge in [-0.25, -0.2) is 13.1 Å². The number of alkyl halides is 3. The van der Waals surface area contributed by atoms with Crippen LogP contribution in [0.15, 0.2) is 29.2 Å². The number of esters is 1. The highest BCUT2D eigenvalue weighted by Crippen LogP contribution is 2.30. The number of rotatable bonds is 9. The van der Waals surface area contributed by atoms with Crippen molar-refractivity contribution < 1.29 is 35.9 Å². The van der Waals surface area contributed by atoms with Crippen molar-refractivity contribution in [3.05, 3.63) is 29.8 Å². The third kappa shape index (κ3) is 8.39. The summed E-state index contributed by atoms with van der Waals surface area (Å²) in [6, 6.07) is 3.24. The molecule has 27 heavy (non-hydrogen) atoms. The van der Waals surface area contributed by atoms with Gasteiger partial charge >= 0.3 is 12.1 Å². The molecule has 0 heterocycles. The Labute approximate surface area is 155 Å². The number of hydrogen-bond acceptors (Lipinski definition) is 5. The molecule has 0 atom stereocenters. The van der Waals surface area contributed by atoms with E-state index >= 15 is 0 Å². The molecule has 0 bridgehead atoms. The van der Waals surface area contributed by atoms with Gasteiger partial charge in [-0.3, -0.25) is 9.59 Å². The van der Waals surface area contributed by atoms with Gasteiger partial charge in [-0.15, -0.1) is 0 Å². The molecular weight excluding hydrogens is 389 g/mol. The minimum atomic E-state index is -4.66. The van der Waals surface area contributed by atoms with Crippen LogP contribution >= 0.6 is 0 Å². The monoisotopic (exact) mass is 410 g/mol. The summed E-state index contributed by atoms with van der Waals surface area (Å²) in [5.74, 6) is -1.14. The molecular formula is C16H21F3N2O5S. The molecule has 0 aromatic heterocycles. The summed E-state index contributed by atoms with van der Waals surface area (Å²) in [7, 11) is -4.15. The van der Waals surface area contributed by atoms with Gasteiger partial charge in [-0.2, -0.15) is 13.2 Å². The number of hydrogen-bond donors (Lipinski definition) is 2. The average Bonchev–Trinajstić information content (AvgIpc) is 2.56. The Bertz CT molecular complexity index is 764. The Morgan fingerprint density at radius 2 is 1.89 bits per heavy atom. The predicted molar refractivity (Wildman–Crippen MR) is 90.1 cm³/mol. The smallest absolute Gasteiger partial charge is 0.416 e. The lowest BCUT2D eigenvalue weighted by atomic mass is 10.2. The van der Waals surface area contributed by atoms with Crippen molar-refractivity contribution >= 4 is 21.9 Å². The van der Waals surface area contributed by atoms with Crippen LogP contribution in [0.5, 0.6) is 0 Å². The van der Waals surface area contributed by atoms with Gasteiger partial charge in [0.25, 0.3) is 5.91 Å². The van der Waals surface area contributed by atoms with Crippen LogP contribution in [0.2, 0.25) is 0 Å². The first kappa shape index (κ1) is 22.9. The SMILES string of the molecule is CC(C)NC(=O)COC(=O)CCCNS(=O)(=O)c1cccc(C(F)(F)F)c1. The number of benzene rings is 1. The zero-order valence-corrected chi connectivity index (χ0v) is 15.6. The van der Waals surface area contributed by atoms with Gasteiger partial charge in [0.1, 0.15) is 0 Å². The van der Waals surface area contributed by atoms with E-state index in [-0.39, 0.29) is 25.4 Å². The van der Waals surface area contributed by atoms with Crippen molar-refractivity contribution in [2.75, 3.05) is 13.2 Å². The fourth-order valence-corrected chi connectivity index (χ4v) is 3.06. The van der Waals surface area contributed by atoms with Crippen LogP contribution in [0, 0.1) is 0 Å². The van der Waals surface area contributed by atoms with Crippen molar-refractivity contribution in [1.82, 2.24) is 10.0 Å². The molecule has 1 aromatic carbocycles. The molecule has 1 amide bonds. The summed E-state index contributed by atoms with van der Waals surface area (Å²) < 4.78 is 68.9. The molecule has 0 aliphatic heterocycles. The molecule has 0 aliphatic rings. The first-order valence-electron chi connectivity index (χ1n) is 8.03. The van der Waals surface area contributed by atoms with Gasteiger partial charge in [-0.05, 0) is 38.5 Å². The summed E-state index contributed by atoms with van der Waals surface area (Å²) >= 11 is 0. The van der Waals surface area contributed by atoms with Crippen LogP contribution in [0.3, 0.4) is 0 Å². The molecule has 0 aliphatic carbocycles. The second kappa shape index (κ2) is 9.70. The van der Waals surface area contributed by atoms with Gasteiger partial charge < -0.3 is 10.1 Å². The van der Waals surface area contributed by atoms with Gasteiger partial charge in [0.15, 0.2) is 6.61 Å². The lowest BCUT2D eigenvalue weighted by molar-refractivity contribution is -0.148. The van der Waals surface area contributed by atoms with E-state index in [0.717, 1.165) is 18.2 Å².